The fourth-order valence-electron chi connectivity index (χ4n) is 9.67. The molecule has 3 aromatic carbocycles. The van der Waals surface area contributed by atoms with Crippen LogP contribution in [-0.2, 0) is 25.5 Å². The Morgan fingerprint density at radius 3 is 2.31 bits per heavy atom. The van der Waals surface area contributed by atoms with Crippen molar-refractivity contribution >= 4 is 75.0 Å². The van der Waals surface area contributed by atoms with E-state index in [4.69, 9.17) is 32.0 Å². The van der Waals surface area contributed by atoms with Crippen molar-refractivity contribution in [1.82, 2.24) is 19.6 Å². The average molecular weight is 1040 g/mol. The zero-order chi connectivity index (χ0) is 54.7. The number of rotatable bonds is 16. The maximum Gasteiger partial charge on any atom is 0.335 e. The van der Waals surface area contributed by atoms with E-state index in [1.165, 1.54) is 18.2 Å². The molecular weight excluding hydrogens is 962 g/mol. The zero-order valence-electron chi connectivity index (χ0n) is 44.4. The number of fused-ring (bicyclic) bond motifs is 1. The van der Waals surface area contributed by atoms with Gasteiger partial charge in [-0.25, -0.2) is 4.79 Å². The Morgan fingerprint density at radius 1 is 1.00 bits per heavy atom. The van der Waals surface area contributed by atoms with Crippen molar-refractivity contribution in [3.8, 4) is 0 Å². The molecule has 8 rings (SSSR count). The van der Waals surface area contributed by atoms with Crippen LogP contribution in [0.25, 0.3) is 21.9 Å². The Labute approximate surface area is 440 Å². The molecule has 6 N–H and O–H groups in total. The smallest absolute Gasteiger partial charge is 0.335 e. The van der Waals surface area contributed by atoms with Gasteiger partial charge in [0.25, 0.3) is 5.91 Å². The van der Waals surface area contributed by atoms with E-state index in [2.05, 4.69) is 101 Å². The van der Waals surface area contributed by atoms with Crippen LogP contribution in [-0.4, -0.2) is 132 Å². The largest absolute Gasteiger partial charge is 0.484 e. The number of hydrogen-bond donors (Lipinski definition) is 6. The number of likely N-dealkylation sites (tertiary alicyclic amines) is 1. The summed E-state index contributed by atoms with van der Waals surface area (Å²) in [7, 11) is 6.91. The van der Waals surface area contributed by atoms with Gasteiger partial charge >= 0.3 is 5.97 Å². The summed E-state index contributed by atoms with van der Waals surface area (Å²) in [5.74, 6) is -0.792. The Balaban J connectivity index is 0.000000292. The molecule has 0 saturated carbocycles. The van der Waals surface area contributed by atoms with Crippen molar-refractivity contribution in [1.29, 1.82) is 0 Å². The molecular formula is C57H76ClN7O9. The van der Waals surface area contributed by atoms with Crippen LogP contribution >= 0.6 is 11.6 Å². The number of piperidine rings is 2. The van der Waals surface area contributed by atoms with Crippen molar-refractivity contribution in [2.45, 2.75) is 103 Å². The number of aliphatic hydroxyl groups is 1. The van der Waals surface area contributed by atoms with Crippen molar-refractivity contribution in [3.05, 3.63) is 131 Å². The van der Waals surface area contributed by atoms with Crippen molar-refractivity contribution in [2.24, 2.45) is 0 Å². The number of anilines is 3. The number of carboxylic acid groups (broad SMARTS) is 1. The van der Waals surface area contributed by atoms with Gasteiger partial charge in [0.1, 0.15) is 18.7 Å². The van der Waals surface area contributed by atoms with Gasteiger partial charge in [-0.1, -0.05) is 54.9 Å². The lowest BCUT2D eigenvalue weighted by atomic mass is 9.85. The monoisotopic (exact) mass is 1040 g/mol. The van der Waals surface area contributed by atoms with Gasteiger partial charge in [0, 0.05) is 67.4 Å². The molecule has 2 fully saturated rings. The van der Waals surface area contributed by atoms with Crippen LogP contribution in [0.1, 0.15) is 106 Å². The van der Waals surface area contributed by atoms with Gasteiger partial charge < -0.3 is 44.6 Å². The lowest BCUT2D eigenvalue weighted by Gasteiger charge is -2.44. The molecule has 2 saturated heterocycles. The molecule has 0 bridgehead atoms. The average Bonchev–Trinajstić information content (AvgIpc) is 3.97. The first-order valence-electron chi connectivity index (χ1n) is 25.0. The van der Waals surface area contributed by atoms with E-state index in [-0.39, 0.29) is 34.4 Å². The molecule has 2 atom stereocenters. The molecule has 3 aliphatic heterocycles. The zero-order valence-corrected chi connectivity index (χ0v) is 45.2. The lowest BCUT2D eigenvalue weighted by molar-refractivity contribution is -0.176. The highest BCUT2D eigenvalue weighted by molar-refractivity contribution is 6.35. The molecule has 0 aliphatic carbocycles. The Morgan fingerprint density at radius 2 is 1.69 bits per heavy atom. The third-order valence-electron chi connectivity index (χ3n) is 13.8. The molecule has 74 heavy (non-hydrogen) atoms. The van der Waals surface area contributed by atoms with Crippen LogP contribution < -0.4 is 20.4 Å². The topological polar surface area (TPSA) is 210 Å². The second-order valence-electron chi connectivity index (χ2n) is 19.0. The van der Waals surface area contributed by atoms with Gasteiger partial charge in [-0.3, -0.25) is 30.0 Å². The molecule has 0 spiro atoms. The quantitative estimate of drug-likeness (QED) is 0.0103. The van der Waals surface area contributed by atoms with E-state index in [1.54, 1.807) is 17.9 Å². The minimum atomic E-state index is -1.15. The fraction of sp³-hybridized carbons (Fsp3) is 0.421. The number of carbonyl (C=O) groups is 4. The molecule has 16 nitrogen and oxygen atoms in total. The summed E-state index contributed by atoms with van der Waals surface area (Å²) in [5.41, 5.74) is 8.92. The first-order chi connectivity index (χ1) is 35.6. The SMILES string of the molecule is C/C(C(=O)O)=C(OCC=O)\C(Cl)=C(/C)c1cccc(NC2CCN(C)C(C)(C)C2)c1.C=CCCC(C=O)N1C(=O)c2cccc3c(C4CCN(c5cc6cnc(CC)cn6c5)CC4)ccc1c23.CNC.CO.OO. The standard InChI is InChI=1S/C31H32N4O2.C23H31ClN2O4.C2H7N.CH4O.H2O2/c1-3-5-7-23(20-36)35-29-11-10-26(27-8-6-9-28(30(27)29)31(35)37)21-12-14-33(15-13-21)25-16-24-17-32-22(4-2)18-34(24)19-25;1-15(20(24)21(30-12-11-27)16(2)22(28)29)17-7-6-8-18(13-17)25-19-9-10-26(5)23(3,4)14-19;1-3-2;2*1-2/h3,6,8-11,16-21,23H,1,4-5,7,12-15H2,2H3;6-8,11,13,19,25H,9-10,12,14H2,1-5H3,(H,28,29);3H,1-2H3;2H,1H3;1-2H/b;20-15-,21-16-;;;. The Kier molecular flexibility index (Phi) is 23.5. The van der Waals surface area contributed by atoms with Crippen LogP contribution in [0.4, 0.5) is 17.1 Å². The highest BCUT2D eigenvalue weighted by atomic mass is 35.5. The molecule has 2 unspecified atom stereocenters. The summed E-state index contributed by atoms with van der Waals surface area (Å²) >= 11 is 6.50. The number of allylic oxidation sites excluding steroid dienone is 3. The minimum absolute atomic E-state index is 0.00389. The van der Waals surface area contributed by atoms with Crippen molar-refractivity contribution in [2.75, 3.05) is 69.6 Å². The molecule has 2 aromatic heterocycles. The van der Waals surface area contributed by atoms with Crippen molar-refractivity contribution < 1.29 is 44.6 Å². The molecule has 3 aliphatic rings. The number of amides is 1. The summed E-state index contributed by atoms with van der Waals surface area (Å²) in [6.07, 6.45) is 15.9. The number of nitrogens with zero attached hydrogens (tertiary/aromatic N) is 5. The first-order valence-corrected chi connectivity index (χ1v) is 25.3. The predicted molar refractivity (Wildman–Crippen MR) is 298 cm³/mol. The van der Waals surface area contributed by atoms with Crippen LogP contribution in [0.5, 0.6) is 0 Å². The Bertz CT molecular complexity index is 2760. The number of benzene rings is 3. The Hall–Kier alpha value is -6.40. The molecule has 5 aromatic rings. The first kappa shape index (κ1) is 60.2. The second kappa shape index (κ2) is 28.9. The number of aromatic nitrogens is 2. The number of aryl methyl sites for hydroxylation is 1. The number of carboxylic acids is 1. The minimum Gasteiger partial charge on any atom is -0.484 e. The van der Waals surface area contributed by atoms with E-state index in [0.717, 1.165) is 104 Å². The molecule has 17 heteroatoms. The third-order valence-corrected chi connectivity index (χ3v) is 14.3. The summed E-state index contributed by atoms with van der Waals surface area (Å²) in [4.78, 5) is 58.5. The fourth-order valence-corrected chi connectivity index (χ4v) is 9.97. The number of hydrogen-bond acceptors (Lipinski definition) is 13. The maximum atomic E-state index is 13.4. The third kappa shape index (κ3) is 14.5. The van der Waals surface area contributed by atoms with E-state index < -0.39 is 12.0 Å². The highest BCUT2D eigenvalue weighted by Crippen LogP contribution is 2.44. The van der Waals surface area contributed by atoms with Crippen LogP contribution in [0.15, 0.2) is 108 Å². The van der Waals surface area contributed by atoms with E-state index in [9.17, 15) is 24.3 Å². The normalized spacial score (nSPS) is 17.1. The van der Waals surface area contributed by atoms with Gasteiger partial charge in [0.2, 0.25) is 0 Å². The number of nitrogens with one attached hydrogen (secondary N) is 2. The number of aldehydes is 2. The number of ether oxygens (including phenoxy) is 1. The van der Waals surface area contributed by atoms with Crippen LogP contribution in [0.2, 0.25) is 0 Å². The van der Waals surface area contributed by atoms with Crippen LogP contribution in [0, 0.1) is 0 Å². The highest BCUT2D eigenvalue weighted by Gasteiger charge is 2.36. The number of aliphatic hydroxyl groups excluding tert-OH is 1. The number of carbonyl (C=O) groups excluding carboxylic acids is 3. The molecule has 1 amide bonds. The molecule has 0 radical (unpaired) electrons. The second-order valence-corrected chi connectivity index (χ2v) is 19.4. The predicted octanol–water partition coefficient (Wildman–Crippen LogP) is 9.90. The maximum absolute atomic E-state index is 13.4. The molecule has 400 valence electrons. The van der Waals surface area contributed by atoms with Crippen LogP contribution in [0.3, 0.4) is 0 Å². The lowest BCUT2D eigenvalue weighted by Crippen LogP contribution is -2.50. The molecule has 5 heterocycles. The number of halogens is 1. The van der Waals surface area contributed by atoms with Gasteiger partial charge in [0.15, 0.2) is 6.29 Å². The summed E-state index contributed by atoms with van der Waals surface area (Å²) < 4.78 is 7.51. The van der Waals surface area contributed by atoms with Gasteiger partial charge in [-0.15, -0.1) is 6.58 Å². The van der Waals surface area contributed by atoms with E-state index in [0.29, 0.717) is 42.2 Å². The summed E-state index contributed by atoms with van der Waals surface area (Å²) in [6, 6.07) is 20.2. The summed E-state index contributed by atoms with van der Waals surface area (Å²) in [6.45, 7) is 16.3. The van der Waals surface area contributed by atoms with Crippen molar-refractivity contribution in [3.63, 3.8) is 0 Å². The summed E-state index contributed by atoms with van der Waals surface area (Å²) in [5, 5.41) is 37.0. The van der Waals surface area contributed by atoms with Gasteiger partial charge in [0.05, 0.1) is 45.4 Å². The van der Waals surface area contributed by atoms with E-state index in [1.807, 2.05) is 56.7 Å². The van der Waals surface area contributed by atoms with Gasteiger partial charge in [-0.05, 0) is 152 Å². The number of aliphatic carboxylic acids is 1. The van der Waals surface area contributed by atoms with E-state index >= 15 is 0 Å². The van der Waals surface area contributed by atoms with Gasteiger partial charge in [-0.2, -0.15) is 0 Å².